The molecule has 0 saturated heterocycles. The Morgan fingerprint density at radius 2 is 0.886 bits per heavy atom. The van der Waals surface area contributed by atoms with Gasteiger partial charge in [-0.2, -0.15) is 0 Å². The van der Waals surface area contributed by atoms with Crippen LogP contribution < -0.4 is 0 Å². The van der Waals surface area contributed by atoms with Gasteiger partial charge in [-0.15, -0.1) is 0 Å². The fourth-order valence-electron chi connectivity index (χ4n) is 7.61. The quantitative estimate of drug-likeness (QED) is 0.204. The average Bonchev–Trinajstić information content (AvgIpc) is 3.57. The van der Waals surface area contributed by atoms with E-state index in [2.05, 4.69) is 167 Å². The lowest BCUT2D eigenvalue weighted by Crippen LogP contribution is -1.97. The molecule has 0 saturated carbocycles. The highest BCUT2D eigenvalue weighted by Crippen LogP contribution is 2.46. The first-order chi connectivity index (χ1) is 21.9. The Labute approximate surface area is 254 Å². The third-order valence-corrected chi connectivity index (χ3v) is 9.47. The van der Waals surface area contributed by atoms with Crippen molar-refractivity contribution in [3.05, 3.63) is 158 Å². The second-order valence-electron chi connectivity index (χ2n) is 11.7. The topological polar surface area (TPSA) is 9.34 Å². The van der Waals surface area contributed by atoms with Crippen LogP contribution in [0, 0.1) is 0 Å². The first-order valence-corrected chi connectivity index (χ1v) is 15.2. The van der Waals surface area contributed by atoms with Gasteiger partial charge >= 0.3 is 0 Å². The lowest BCUT2D eigenvalue weighted by molar-refractivity contribution is 1.18. The van der Waals surface area contributed by atoms with Crippen molar-refractivity contribution in [3.63, 3.8) is 0 Å². The molecule has 0 amide bonds. The number of hydrogen-bond donors (Lipinski definition) is 0. The Kier molecular flexibility index (Phi) is 4.75. The number of rotatable bonds is 3. The average molecular weight is 559 g/mol. The number of hydrogen-bond acceptors (Lipinski definition) is 0. The van der Waals surface area contributed by atoms with E-state index < -0.39 is 0 Å². The molecular weight excluding hydrogens is 532 g/mol. The molecule has 0 bridgehead atoms. The Balaban J connectivity index is 1.34. The van der Waals surface area contributed by atoms with E-state index in [0.717, 1.165) is 0 Å². The van der Waals surface area contributed by atoms with E-state index >= 15 is 0 Å². The summed E-state index contributed by atoms with van der Waals surface area (Å²) in [5, 5.41) is 7.76. The van der Waals surface area contributed by atoms with Gasteiger partial charge in [-0.1, -0.05) is 127 Å². The van der Waals surface area contributed by atoms with Crippen LogP contribution in [0.25, 0.3) is 87.8 Å². The third-order valence-electron chi connectivity index (χ3n) is 9.47. The van der Waals surface area contributed by atoms with Crippen LogP contribution in [0.1, 0.15) is 0 Å². The molecule has 2 heteroatoms. The first-order valence-electron chi connectivity index (χ1n) is 15.2. The summed E-state index contributed by atoms with van der Waals surface area (Å²) in [6.45, 7) is 0. The van der Waals surface area contributed by atoms with Gasteiger partial charge in [0, 0.05) is 32.5 Å². The van der Waals surface area contributed by atoms with Crippen LogP contribution in [-0.2, 0) is 0 Å². The van der Waals surface area contributed by atoms with Crippen LogP contribution in [0.2, 0.25) is 0 Å². The van der Waals surface area contributed by atoms with Crippen molar-refractivity contribution >= 4 is 59.9 Å². The molecule has 0 aliphatic carbocycles. The molecule has 0 atom stereocenters. The van der Waals surface area contributed by atoms with E-state index in [4.69, 9.17) is 0 Å². The summed E-state index contributed by atoms with van der Waals surface area (Å²) in [5.74, 6) is 0. The maximum atomic E-state index is 2.50. The molecule has 204 valence electrons. The van der Waals surface area contributed by atoms with Crippen molar-refractivity contribution in [3.8, 4) is 27.9 Å². The summed E-state index contributed by atoms with van der Waals surface area (Å²) >= 11 is 0. The number of aromatic nitrogens is 2. The summed E-state index contributed by atoms with van der Waals surface area (Å²) in [6, 6.07) is 57.6. The molecular formula is C42H26N2. The molecule has 0 unspecified atom stereocenters. The van der Waals surface area contributed by atoms with Gasteiger partial charge in [-0.3, -0.25) is 0 Å². The lowest BCUT2D eigenvalue weighted by Gasteiger charge is -2.15. The fourth-order valence-corrected chi connectivity index (χ4v) is 7.61. The Morgan fingerprint density at radius 1 is 0.318 bits per heavy atom. The number of para-hydroxylation sites is 3. The summed E-state index contributed by atoms with van der Waals surface area (Å²) in [6.07, 6.45) is 0. The Morgan fingerprint density at radius 3 is 1.68 bits per heavy atom. The Bertz CT molecular complexity index is 2690. The molecule has 10 aromatic rings. The molecule has 3 heterocycles. The van der Waals surface area contributed by atoms with E-state index in [-0.39, 0.29) is 0 Å². The molecule has 10 rings (SSSR count). The van der Waals surface area contributed by atoms with Gasteiger partial charge in [0.15, 0.2) is 0 Å². The monoisotopic (exact) mass is 558 g/mol. The molecule has 3 aromatic heterocycles. The summed E-state index contributed by atoms with van der Waals surface area (Å²) in [5.41, 5.74) is 12.3. The van der Waals surface area contributed by atoms with Crippen molar-refractivity contribution in [1.82, 2.24) is 8.97 Å². The largest absolute Gasteiger partial charge is 0.309 e. The van der Waals surface area contributed by atoms with Crippen molar-refractivity contribution in [2.75, 3.05) is 0 Å². The van der Waals surface area contributed by atoms with Crippen molar-refractivity contribution in [2.45, 2.75) is 0 Å². The normalized spacial score (nSPS) is 12.1. The zero-order chi connectivity index (χ0) is 28.8. The van der Waals surface area contributed by atoms with Crippen molar-refractivity contribution < 1.29 is 0 Å². The van der Waals surface area contributed by atoms with Crippen LogP contribution in [0.5, 0.6) is 0 Å². The highest BCUT2D eigenvalue weighted by molar-refractivity contribution is 6.33. The van der Waals surface area contributed by atoms with Crippen LogP contribution >= 0.6 is 0 Å². The minimum Gasteiger partial charge on any atom is -0.309 e. The summed E-state index contributed by atoms with van der Waals surface area (Å²) in [7, 11) is 0. The van der Waals surface area contributed by atoms with Crippen LogP contribution in [0.4, 0.5) is 0 Å². The van der Waals surface area contributed by atoms with Crippen LogP contribution in [0.3, 0.4) is 0 Å². The van der Waals surface area contributed by atoms with Gasteiger partial charge in [0.05, 0.1) is 33.3 Å². The molecule has 2 nitrogen and oxygen atoms in total. The maximum absolute atomic E-state index is 2.50. The zero-order valence-corrected chi connectivity index (χ0v) is 23.9. The molecule has 0 fully saturated rings. The highest BCUT2D eigenvalue weighted by atomic mass is 15.0. The molecule has 44 heavy (non-hydrogen) atoms. The van der Waals surface area contributed by atoms with Gasteiger partial charge in [0.25, 0.3) is 0 Å². The summed E-state index contributed by atoms with van der Waals surface area (Å²) < 4.78 is 4.99. The van der Waals surface area contributed by atoms with Crippen molar-refractivity contribution in [2.24, 2.45) is 0 Å². The minimum absolute atomic E-state index is 1.19. The number of nitrogens with zero attached hydrogens (tertiary/aromatic N) is 2. The lowest BCUT2D eigenvalue weighted by atomic mass is 9.99. The highest BCUT2D eigenvalue weighted by Gasteiger charge is 2.23. The van der Waals surface area contributed by atoms with Crippen LogP contribution in [-0.4, -0.2) is 8.97 Å². The second kappa shape index (κ2) is 8.82. The van der Waals surface area contributed by atoms with Crippen LogP contribution in [0.15, 0.2) is 158 Å². The SMILES string of the molecule is c1ccc(-c2ccc(-c3ccccc3-n3c4cccc5c6ccccc6n6c7ccccc7c7ccc3c(c54)c76)cc2)cc1. The maximum Gasteiger partial charge on any atom is 0.0641 e. The molecule has 0 aliphatic rings. The molecule has 0 spiro atoms. The third kappa shape index (κ3) is 3.09. The number of fused-ring (bicyclic) bond motifs is 6. The van der Waals surface area contributed by atoms with E-state index in [9.17, 15) is 0 Å². The predicted octanol–water partition coefficient (Wildman–Crippen LogP) is 11.3. The fraction of sp³-hybridized carbons (Fsp3) is 0. The molecule has 7 aromatic carbocycles. The minimum atomic E-state index is 1.19. The molecule has 0 N–H and O–H groups in total. The van der Waals surface area contributed by atoms with Gasteiger partial charge < -0.3 is 8.97 Å². The van der Waals surface area contributed by atoms with Gasteiger partial charge in [0.2, 0.25) is 0 Å². The van der Waals surface area contributed by atoms with Gasteiger partial charge in [-0.05, 0) is 52.4 Å². The van der Waals surface area contributed by atoms with Gasteiger partial charge in [-0.25, -0.2) is 0 Å². The van der Waals surface area contributed by atoms with E-state index in [1.165, 1.54) is 87.8 Å². The van der Waals surface area contributed by atoms with E-state index in [0.29, 0.717) is 0 Å². The standard InChI is InChI=1S/C42H26N2/c1-2-11-27(12-3-1)28-21-23-29(24-22-28)30-13-4-7-17-35(30)43-38-20-10-16-33-31-14-5-8-18-36(31)44-37-19-9-6-15-32(37)34-25-26-39(43)41(40(33)38)42(34)44/h1-26H. The zero-order valence-electron chi connectivity index (χ0n) is 23.9. The second-order valence-corrected chi connectivity index (χ2v) is 11.7. The number of benzene rings is 7. The molecule has 0 radical (unpaired) electrons. The first kappa shape index (κ1) is 23.7. The van der Waals surface area contributed by atoms with Crippen molar-refractivity contribution in [1.29, 1.82) is 0 Å². The van der Waals surface area contributed by atoms with E-state index in [1.807, 2.05) is 0 Å². The summed E-state index contributed by atoms with van der Waals surface area (Å²) in [4.78, 5) is 0. The van der Waals surface area contributed by atoms with Gasteiger partial charge in [0.1, 0.15) is 0 Å². The Hall–Kier alpha value is -5.86. The predicted molar refractivity (Wildman–Crippen MR) is 186 cm³/mol. The molecule has 0 aliphatic heterocycles. The smallest absolute Gasteiger partial charge is 0.0641 e. The van der Waals surface area contributed by atoms with E-state index in [1.54, 1.807) is 0 Å².